The second-order valence-corrected chi connectivity index (χ2v) is 3.51. The number of hydrogen-bond acceptors (Lipinski definition) is 6. The van der Waals surface area contributed by atoms with Crippen molar-refractivity contribution >= 4 is 11.5 Å². The maximum absolute atomic E-state index is 11.1. The van der Waals surface area contributed by atoms with E-state index in [9.17, 15) is 10.1 Å². The van der Waals surface area contributed by atoms with Crippen molar-refractivity contribution in [1.29, 1.82) is 0 Å². The Morgan fingerprint density at radius 2 is 2.28 bits per heavy atom. The summed E-state index contributed by atoms with van der Waals surface area (Å²) in [6, 6.07) is 0. The average Bonchev–Trinajstić information content (AvgIpc) is 2.86. The van der Waals surface area contributed by atoms with Gasteiger partial charge in [0.2, 0.25) is 5.82 Å². The zero-order chi connectivity index (χ0) is 13.1. The van der Waals surface area contributed by atoms with Gasteiger partial charge in [-0.3, -0.25) is 14.8 Å². The number of aromatic nitrogens is 4. The van der Waals surface area contributed by atoms with Gasteiger partial charge in [0.25, 0.3) is 0 Å². The highest BCUT2D eigenvalue weighted by Crippen LogP contribution is 2.31. The Morgan fingerprint density at radius 1 is 1.50 bits per heavy atom. The van der Waals surface area contributed by atoms with Crippen LogP contribution in [0.3, 0.4) is 0 Å². The number of nitro groups is 1. The Hall–Kier alpha value is -2.51. The first kappa shape index (κ1) is 12.0. The zero-order valence-corrected chi connectivity index (χ0v) is 9.99. The third kappa shape index (κ3) is 1.99. The molecule has 0 saturated heterocycles. The lowest BCUT2D eigenvalue weighted by Gasteiger charge is -2.03. The lowest BCUT2D eigenvalue weighted by molar-refractivity contribution is -0.383. The van der Waals surface area contributed by atoms with Crippen molar-refractivity contribution in [2.75, 3.05) is 12.4 Å². The van der Waals surface area contributed by atoms with Gasteiger partial charge in [-0.15, -0.1) is 0 Å². The van der Waals surface area contributed by atoms with Crippen LogP contribution in [0.25, 0.3) is 11.3 Å². The standard InChI is InChI=1S/C10H12N6O2/c1-3-15-5-7(4-14-15)8-9(16(17)18)10(11-2)13-6-12-8/h4-6H,3H2,1-2H3,(H,11,12,13). The molecule has 0 atom stereocenters. The molecule has 94 valence electrons. The Labute approximate surface area is 103 Å². The van der Waals surface area contributed by atoms with E-state index in [1.807, 2.05) is 6.92 Å². The second-order valence-electron chi connectivity index (χ2n) is 3.51. The summed E-state index contributed by atoms with van der Waals surface area (Å²) in [4.78, 5) is 18.4. The molecule has 0 fully saturated rings. The zero-order valence-electron chi connectivity index (χ0n) is 9.99. The molecule has 0 radical (unpaired) electrons. The van der Waals surface area contributed by atoms with Crippen molar-refractivity contribution in [3.8, 4) is 11.3 Å². The van der Waals surface area contributed by atoms with Gasteiger partial charge in [-0.25, -0.2) is 9.97 Å². The van der Waals surface area contributed by atoms with E-state index in [1.54, 1.807) is 24.1 Å². The topological polar surface area (TPSA) is 98.8 Å². The van der Waals surface area contributed by atoms with Gasteiger partial charge in [-0.05, 0) is 6.92 Å². The lowest BCUT2D eigenvalue weighted by atomic mass is 10.2. The van der Waals surface area contributed by atoms with Crippen LogP contribution in [0.4, 0.5) is 11.5 Å². The van der Waals surface area contributed by atoms with E-state index >= 15 is 0 Å². The Morgan fingerprint density at radius 3 is 2.83 bits per heavy atom. The minimum absolute atomic E-state index is 0.143. The maximum atomic E-state index is 11.1. The molecule has 8 nitrogen and oxygen atoms in total. The molecule has 18 heavy (non-hydrogen) atoms. The van der Waals surface area contributed by atoms with Crippen LogP contribution in [0, 0.1) is 10.1 Å². The van der Waals surface area contributed by atoms with Gasteiger partial charge in [0, 0.05) is 25.4 Å². The summed E-state index contributed by atoms with van der Waals surface area (Å²) < 4.78 is 1.68. The van der Waals surface area contributed by atoms with Gasteiger partial charge in [-0.1, -0.05) is 0 Å². The largest absolute Gasteiger partial charge is 0.367 e. The van der Waals surface area contributed by atoms with Gasteiger partial charge in [-0.2, -0.15) is 5.10 Å². The molecular weight excluding hydrogens is 236 g/mol. The highest BCUT2D eigenvalue weighted by atomic mass is 16.6. The molecule has 0 unspecified atom stereocenters. The van der Waals surface area contributed by atoms with Gasteiger partial charge in [0.1, 0.15) is 6.33 Å². The highest BCUT2D eigenvalue weighted by molar-refractivity contribution is 5.75. The van der Waals surface area contributed by atoms with Gasteiger partial charge in [0.05, 0.1) is 11.1 Å². The summed E-state index contributed by atoms with van der Waals surface area (Å²) >= 11 is 0. The average molecular weight is 248 g/mol. The summed E-state index contributed by atoms with van der Waals surface area (Å²) in [7, 11) is 1.58. The van der Waals surface area contributed by atoms with Crippen molar-refractivity contribution < 1.29 is 4.92 Å². The number of rotatable bonds is 4. The van der Waals surface area contributed by atoms with Crippen LogP contribution >= 0.6 is 0 Å². The van der Waals surface area contributed by atoms with Crippen LogP contribution in [0.2, 0.25) is 0 Å². The van der Waals surface area contributed by atoms with Gasteiger partial charge >= 0.3 is 5.69 Å². The van der Waals surface area contributed by atoms with Crippen molar-refractivity contribution in [3.63, 3.8) is 0 Å². The van der Waals surface area contributed by atoms with E-state index < -0.39 is 4.92 Å². The Balaban J connectivity index is 2.59. The third-order valence-corrected chi connectivity index (χ3v) is 2.47. The maximum Gasteiger partial charge on any atom is 0.337 e. The summed E-state index contributed by atoms with van der Waals surface area (Å²) in [6.07, 6.45) is 4.56. The lowest BCUT2D eigenvalue weighted by Crippen LogP contribution is -2.02. The molecular formula is C10H12N6O2. The number of aryl methyl sites for hydroxylation is 1. The number of hydrogen-bond donors (Lipinski definition) is 1. The van der Waals surface area contributed by atoms with Crippen molar-refractivity contribution in [2.45, 2.75) is 13.5 Å². The van der Waals surface area contributed by atoms with Crippen molar-refractivity contribution in [1.82, 2.24) is 19.7 Å². The van der Waals surface area contributed by atoms with Crippen LogP contribution in [0.5, 0.6) is 0 Å². The molecule has 2 aromatic heterocycles. The monoisotopic (exact) mass is 248 g/mol. The first-order valence-corrected chi connectivity index (χ1v) is 5.37. The molecule has 0 spiro atoms. The molecule has 2 heterocycles. The molecule has 8 heteroatoms. The second kappa shape index (κ2) is 4.78. The summed E-state index contributed by atoms with van der Waals surface area (Å²) in [6.45, 7) is 2.63. The first-order chi connectivity index (χ1) is 8.67. The molecule has 0 amide bonds. The van der Waals surface area contributed by atoms with Crippen LogP contribution in [0.1, 0.15) is 6.92 Å². The number of nitrogens with zero attached hydrogens (tertiary/aromatic N) is 5. The predicted octanol–water partition coefficient (Wildman–Crippen LogP) is 1.31. The Kier molecular flexibility index (Phi) is 3.18. The van der Waals surface area contributed by atoms with Crippen LogP contribution in [-0.2, 0) is 6.54 Å². The van der Waals surface area contributed by atoms with E-state index in [0.29, 0.717) is 12.1 Å². The fourth-order valence-electron chi connectivity index (χ4n) is 1.60. The highest BCUT2D eigenvalue weighted by Gasteiger charge is 2.23. The van der Waals surface area contributed by atoms with E-state index in [2.05, 4.69) is 20.4 Å². The van der Waals surface area contributed by atoms with Crippen molar-refractivity contribution in [3.05, 3.63) is 28.8 Å². The SMILES string of the molecule is CCn1cc(-c2ncnc(NC)c2[N+](=O)[O-])cn1. The van der Waals surface area contributed by atoms with Crippen molar-refractivity contribution in [2.24, 2.45) is 0 Å². The van der Waals surface area contributed by atoms with E-state index in [1.165, 1.54) is 6.33 Å². The Bertz CT molecular complexity index is 579. The first-order valence-electron chi connectivity index (χ1n) is 5.37. The third-order valence-electron chi connectivity index (χ3n) is 2.47. The summed E-state index contributed by atoms with van der Waals surface area (Å²) in [5.74, 6) is 0.189. The molecule has 0 aliphatic heterocycles. The fourth-order valence-corrected chi connectivity index (χ4v) is 1.60. The van der Waals surface area contributed by atoms with Crippen LogP contribution < -0.4 is 5.32 Å². The van der Waals surface area contributed by atoms with E-state index in [4.69, 9.17) is 0 Å². The molecule has 0 aliphatic rings. The fraction of sp³-hybridized carbons (Fsp3) is 0.300. The minimum atomic E-state index is -0.496. The predicted molar refractivity (Wildman–Crippen MR) is 65.1 cm³/mol. The molecule has 2 rings (SSSR count). The smallest absolute Gasteiger partial charge is 0.337 e. The molecule has 0 aliphatic carbocycles. The number of anilines is 1. The molecule has 2 aromatic rings. The molecule has 0 aromatic carbocycles. The van der Waals surface area contributed by atoms with Gasteiger partial charge < -0.3 is 5.32 Å². The summed E-state index contributed by atoms with van der Waals surface area (Å²) in [5.41, 5.74) is 0.720. The molecule has 1 N–H and O–H groups in total. The normalized spacial score (nSPS) is 10.3. The summed E-state index contributed by atoms with van der Waals surface area (Å²) in [5, 5.41) is 17.9. The quantitative estimate of drug-likeness (QED) is 0.647. The number of nitrogens with one attached hydrogen (secondary N) is 1. The molecule has 0 saturated carbocycles. The van der Waals surface area contributed by atoms with E-state index in [-0.39, 0.29) is 17.2 Å². The van der Waals surface area contributed by atoms with Crippen LogP contribution in [-0.4, -0.2) is 31.7 Å². The van der Waals surface area contributed by atoms with Crippen LogP contribution in [0.15, 0.2) is 18.7 Å². The van der Waals surface area contributed by atoms with Gasteiger partial charge in [0.15, 0.2) is 5.69 Å². The minimum Gasteiger partial charge on any atom is -0.367 e. The van der Waals surface area contributed by atoms with E-state index in [0.717, 1.165) is 0 Å². The molecule has 0 bridgehead atoms.